The molecule has 15 heavy (non-hydrogen) atoms. The molecular formula is C13H18O2. The van der Waals surface area contributed by atoms with Gasteiger partial charge in [-0.05, 0) is 25.0 Å². The van der Waals surface area contributed by atoms with Gasteiger partial charge in [0.15, 0.2) is 0 Å². The Hall–Kier alpha value is -1.02. The summed E-state index contributed by atoms with van der Waals surface area (Å²) in [5, 5.41) is 0. The lowest BCUT2D eigenvalue weighted by Crippen LogP contribution is -2.43. The zero-order valence-corrected chi connectivity index (χ0v) is 9.24. The minimum atomic E-state index is 0.398. The van der Waals surface area contributed by atoms with Crippen LogP contribution in [0.15, 0.2) is 30.3 Å². The molecule has 0 spiro atoms. The molecule has 0 bridgehead atoms. The van der Waals surface area contributed by atoms with E-state index in [0.29, 0.717) is 5.41 Å². The summed E-state index contributed by atoms with van der Waals surface area (Å²) in [4.78, 5) is 0. The Morgan fingerprint density at radius 1 is 1.27 bits per heavy atom. The van der Waals surface area contributed by atoms with Crippen LogP contribution in [0, 0.1) is 5.41 Å². The van der Waals surface area contributed by atoms with Crippen LogP contribution in [0.3, 0.4) is 0 Å². The summed E-state index contributed by atoms with van der Waals surface area (Å²) in [6.45, 7) is 4.83. The predicted octanol–water partition coefficient (Wildman–Crippen LogP) is 2.88. The molecule has 0 atom stereocenters. The molecule has 2 rings (SSSR count). The van der Waals surface area contributed by atoms with Gasteiger partial charge in [0.25, 0.3) is 0 Å². The quantitative estimate of drug-likeness (QED) is 0.737. The van der Waals surface area contributed by atoms with Gasteiger partial charge in [0.2, 0.25) is 0 Å². The van der Waals surface area contributed by atoms with Gasteiger partial charge in [0.05, 0.1) is 19.8 Å². The topological polar surface area (TPSA) is 18.5 Å². The van der Waals surface area contributed by atoms with E-state index in [4.69, 9.17) is 9.47 Å². The lowest BCUT2D eigenvalue weighted by molar-refractivity contribution is -0.123. The Bertz CT molecular complexity index is 285. The summed E-state index contributed by atoms with van der Waals surface area (Å²) in [5.41, 5.74) is 0.398. The largest absolute Gasteiger partial charge is 0.494 e. The van der Waals surface area contributed by atoms with Gasteiger partial charge < -0.3 is 9.47 Å². The molecule has 1 heterocycles. The van der Waals surface area contributed by atoms with Crippen LogP contribution < -0.4 is 4.74 Å². The van der Waals surface area contributed by atoms with Crippen molar-refractivity contribution in [1.82, 2.24) is 0 Å². The van der Waals surface area contributed by atoms with Crippen LogP contribution in [-0.2, 0) is 4.74 Å². The number of benzene rings is 1. The Labute approximate surface area is 91.2 Å². The molecule has 0 N–H and O–H groups in total. The van der Waals surface area contributed by atoms with Gasteiger partial charge in [-0.1, -0.05) is 25.1 Å². The summed E-state index contributed by atoms with van der Waals surface area (Å²) >= 11 is 0. The first kappa shape index (κ1) is 10.5. The minimum absolute atomic E-state index is 0.398. The van der Waals surface area contributed by atoms with E-state index in [9.17, 15) is 0 Å². The van der Waals surface area contributed by atoms with Crippen LogP contribution in [-0.4, -0.2) is 19.8 Å². The first-order valence-electron chi connectivity index (χ1n) is 5.60. The maximum Gasteiger partial charge on any atom is 0.119 e. The number of hydrogen-bond acceptors (Lipinski definition) is 2. The molecule has 1 saturated heterocycles. The second-order valence-electron chi connectivity index (χ2n) is 4.26. The van der Waals surface area contributed by atoms with E-state index in [1.165, 1.54) is 6.42 Å². The van der Waals surface area contributed by atoms with Crippen molar-refractivity contribution in [3.8, 4) is 5.75 Å². The summed E-state index contributed by atoms with van der Waals surface area (Å²) < 4.78 is 11.0. The van der Waals surface area contributed by atoms with Gasteiger partial charge in [0, 0.05) is 5.41 Å². The smallest absolute Gasteiger partial charge is 0.119 e. The van der Waals surface area contributed by atoms with E-state index in [1.807, 2.05) is 30.3 Å². The third-order valence-corrected chi connectivity index (χ3v) is 3.21. The van der Waals surface area contributed by atoms with Gasteiger partial charge in [0.1, 0.15) is 5.75 Å². The van der Waals surface area contributed by atoms with Gasteiger partial charge in [-0.3, -0.25) is 0 Å². The Balaban J connectivity index is 1.75. The van der Waals surface area contributed by atoms with Crippen LogP contribution >= 0.6 is 0 Å². The van der Waals surface area contributed by atoms with Crippen molar-refractivity contribution in [2.24, 2.45) is 5.41 Å². The van der Waals surface area contributed by atoms with E-state index in [2.05, 4.69) is 6.92 Å². The average molecular weight is 206 g/mol. The van der Waals surface area contributed by atoms with E-state index in [1.54, 1.807) is 0 Å². The summed E-state index contributed by atoms with van der Waals surface area (Å²) in [7, 11) is 0. The number of rotatable bonds is 5. The normalized spacial score (nSPS) is 18.2. The van der Waals surface area contributed by atoms with Crippen LogP contribution in [0.1, 0.15) is 19.8 Å². The van der Waals surface area contributed by atoms with Crippen molar-refractivity contribution in [1.29, 1.82) is 0 Å². The predicted molar refractivity (Wildman–Crippen MR) is 60.1 cm³/mol. The molecule has 1 aliphatic heterocycles. The lowest BCUT2D eigenvalue weighted by atomic mass is 9.80. The molecule has 0 aromatic heterocycles. The van der Waals surface area contributed by atoms with E-state index in [-0.39, 0.29) is 0 Å². The van der Waals surface area contributed by atoms with Crippen molar-refractivity contribution in [3.05, 3.63) is 30.3 Å². The van der Waals surface area contributed by atoms with E-state index < -0.39 is 0 Å². The summed E-state index contributed by atoms with van der Waals surface area (Å²) in [6, 6.07) is 9.99. The van der Waals surface area contributed by atoms with Crippen molar-refractivity contribution in [2.75, 3.05) is 19.8 Å². The second kappa shape index (κ2) is 4.67. The lowest BCUT2D eigenvalue weighted by Gasteiger charge is -2.40. The van der Waals surface area contributed by atoms with Crippen molar-refractivity contribution in [2.45, 2.75) is 19.8 Å². The third kappa shape index (κ3) is 2.51. The molecule has 2 nitrogen and oxygen atoms in total. The van der Waals surface area contributed by atoms with Gasteiger partial charge in [-0.15, -0.1) is 0 Å². The fraction of sp³-hybridized carbons (Fsp3) is 0.538. The van der Waals surface area contributed by atoms with Crippen molar-refractivity contribution >= 4 is 0 Å². The first-order chi connectivity index (χ1) is 7.35. The van der Waals surface area contributed by atoms with Gasteiger partial charge in [-0.25, -0.2) is 0 Å². The number of para-hydroxylation sites is 1. The Morgan fingerprint density at radius 3 is 2.53 bits per heavy atom. The molecule has 1 fully saturated rings. The minimum Gasteiger partial charge on any atom is -0.494 e. The van der Waals surface area contributed by atoms with Crippen LogP contribution in [0.25, 0.3) is 0 Å². The average Bonchev–Trinajstić information content (AvgIpc) is 2.24. The molecule has 82 valence electrons. The summed E-state index contributed by atoms with van der Waals surface area (Å²) in [6.07, 6.45) is 2.28. The highest BCUT2D eigenvalue weighted by molar-refractivity contribution is 5.20. The highest BCUT2D eigenvalue weighted by Gasteiger charge is 2.36. The molecule has 0 radical (unpaired) electrons. The zero-order chi connectivity index (χ0) is 10.6. The maximum absolute atomic E-state index is 5.68. The second-order valence-corrected chi connectivity index (χ2v) is 4.26. The monoisotopic (exact) mass is 206 g/mol. The van der Waals surface area contributed by atoms with Crippen LogP contribution in [0.2, 0.25) is 0 Å². The van der Waals surface area contributed by atoms with Gasteiger partial charge in [-0.2, -0.15) is 0 Å². The zero-order valence-electron chi connectivity index (χ0n) is 9.24. The molecular weight excluding hydrogens is 188 g/mol. The molecule has 0 amide bonds. The SMILES string of the molecule is CCC1(CCOc2ccccc2)COC1. The van der Waals surface area contributed by atoms with Crippen LogP contribution in [0.5, 0.6) is 5.75 Å². The van der Waals surface area contributed by atoms with E-state index >= 15 is 0 Å². The molecule has 2 heteroatoms. The summed E-state index contributed by atoms with van der Waals surface area (Å²) in [5.74, 6) is 0.962. The molecule has 0 saturated carbocycles. The Kier molecular flexibility index (Phi) is 3.27. The maximum atomic E-state index is 5.68. The molecule has 0 unspecified atom stereocenters. The molecule has 1 aromatic carbocycles. The molecule has 1 aromatic rings. The van der Waals surface area contributed by atoms with Crippen LogP contribution in [0.4, 0.5) is 0 Å². The highest BCUT2D eigenvalue weighted by Crippen LogP contribution is 2.34. The van der Waals surface area contributed by atoms with Crippen molar-refractivity contribution in [3.63, 3.8) is 0 Å². The first-order valence-corrected chi connectivity index (χ1v) is 5.60. The van der Waals surface area contributed by atoms with Gasteiger partial charge >= 0.3 is 0 Å². The van der Waals surface area contributed by atoms with E-state index in [0.717, 1.165) is 32.0 Å². The molecule has 1 aliphatic rings. The number of ether oxygens (including phenoxy) is 2. The number of hydrogen-bond donors (Lipinski definition) is 0. The highest BCUT2D eigenvalue weighted by atomic mass is 16.5. The third-order valence-electron chi connectivity index (χ3n) is 3.21. The molecule has 0 aliphatic carbocycles. The Morgan fingerprint density at radius 2 is 2.00 bits per heavy atom. The standard InChI is InChI=1S/C13H18O2/c1-2-13(10-14-11-13)8-9-15-12-6-4-3-5-7-12/h3-7H,2,8-11H2,1H3. The fourth-order valence-corrected chi connectivity index (χ4v) is 1.82. The fourth-order valence-electron chi connectivity index (χ4n) is 1.82. The van der Waals surface area contributed by atoms with Crippen molar-refractivity contribution < 1.29 is 9.47 Å².